The Bertz CT molecular complexity index is 1130. The van der Waals surface area contributed by atoms with E-state index in [1.807, 2.05) is 17.9 Å². The first kappa shape index (κ1) is 23.3. The largest absolute Gasteiger partial charge is 0.353 e. The number of piperazine rings is 1. The van der Waals surface area contributed by atoms with Crippen molar-refractivity contribution >= 4 is 40.7 Å². The maximum absolute atomic E-state index is 12.8. The number of carbonyl (C=O) groups is 1. The lowest BCUT2D eigenvalue weighted by Gasteiger charge is -2.36. The van der Waals surface area contributed by atoms with Crippen LogP contribution in [0.25, 0.3) is 0 Å². The predicted molar refractivity (Wildman–Crippen MR) is 135 cm³/mol. The van der Waals surface area contributed by atoms with Gasteiger partial charge in [0, 0.05) is 49.5 Å². The lowest BCUT2D eigenvalue weighted by molar-refractivity contribution is 0.208. The highest BCUT2D eigenvalue weighted by Gasteiger charge is 2.25. The van der Waals surface area contributed by atoms with Gasteiger partial charge in [0.05, 0.1) is 10.0 Å². The Hall–Kier alpha value is -2.83. The van der Waals surface area contributed by atoms with Gasteiger partial charge in [-0.25, -0.2) is 14.8 Å². The van der Waals surface area contributed by atoms with Gasteiger partial charge in [0.15, 0.2) is 0 Å². The Morgan fingerprint density at radius 3 is 2.39 bits per heavy atom. The number of halogens is 2. The molecule has 2 aromatic carbocycles. The van der Waals surface area contributed by atoms with E-state index in [9.17, 15) is 4.79 Å². The van der Waals surface area contributed by atoms with Gasteiger partial charge in [-0.05, 0) is 37.1 Å². The molecule has 1 aliphatic rings. The van der Waals surface area contributed by atoms with E-state index >= 15 is 0 Å². The predicted octanol–water partition coefficient (Wildman–Crippen LogP) is 5.60. The number of nitrogens with one attached hydrogen (secondary N) is 1. The summed E-state index contributed by atoms with van der Waals surface area (Å²) in [5.74, 6) is 1.76. The first-order valence-corrected chi connectivity index (χ1v) is 11.9. The molecule has 0 spiro atoms. The molecule has 0 saturated carbocycles. The van der Waals surface area contributed by atoms with Crippen LogP contribution < -0.4 is 10.2 Å². The van der Waals surface area contributed by atoms with Crippen molar-refractivity contribution in [2.24, 2.45) is 0 Å². The third-order valence-corrected chi connectivity index (χ3v) is 6.52. The van der Waals surface area contributed by atoms with Gasteiger partial charge in [0.1, 0.15) is 11.6 Å². The summed E-state index contributed by atoms with van der Waals surface area (Å²) >= 11 is 12.0. The molecule has 1 N–H and O–H groups in total. The zero-order valence-corrected chi connectivity index (χ0v) is 20.3. The first-order valence-electron chi connectivity index (χ1n) is 11.1. The van der Waals surface area contributed by atoms with Gasteiger partial charge in [-0.1, -0.05) is 60.5 Å². The molecule has 1 saturated heterocycles. The van der Waals surface area contributed by atoms with Crippen LogP contribution in [0.1, 0.15) is 29.6 Å². The number of benzene rings is 2. The van der Waals surface area contributed by atoms with Gasteiger partial charge in [-0.3, -0.25) is 0 Å². The molecule has 33 heavy (non-hydrogen) atoms. The van der Waals surface area contributed by atoms with Crippen LogP contribution in [0.3, 0.4) is 0 Å². The molecule has 2 amide bonds. The second kappa shape index (κ2) is 10.4. The number of aromatic nitrogens is 2. The van der Waals surface area contributed by atoms with Crippen LogP contribution in [-0.4, -0.2) is 47.1 Å². The zero-order chi connectivity index (χ0) is 23.4. The van der Waals surface area contributed by atoms with Gasteiger partial charge in [-0.2, -0.15) is 0 Å². The number of amides is 2. The van der Waals surface area contributed by atoms with Crippen LogP contribution in [0.4, 0.5) is 16.3 Å². The lowest BCUT2D eigenvalue weighted by atomic mass is 10.0. The summed E-state index contributed by atoms with van der Waals surface area (Å²) in [6.07, 6.45) is 1.64. The second-order valence-corrected chi connectivity index (χ2v) is 8.88. The SMILES string of the molecule is CCc1nc(C)nc(N2CCN(C(=O)Nc3ccc(Cl)c(Cl)c3)CC2)c1Cc1ccccc1. The van der Waals surface area contributed by atoms with Gasteiger partial charge < -0.3 is 15.1 Å². The van der Waals surface area contributed by atoms with Crippen molar-refractivity contribution in [3.8, 4) is 0 Å². The Morgan fingerprint density at radius 1 is 1.00 bits per heavy atom. The number of rotatable bonds is 5. The minimum Gasteiger partial charge on any atom is -0.353 e. The smallest absolute Gasteiger partial charge is 0.321 e. The summed E-state index contributed by atoms with van der Waals surface area (Å²) in [5, 5.41) is 3.78. The number of aryl methyl sites for hydroxylation is 2. The Balaban J connectivity index is 1.48. The van der Waals surface area contributed by atoms with Crippen molar-refractivity contribution in [3.05, 3.63) is 81.2 Å². The fraction of sp³-hybridized carbons (Fsp3) is 0.320. The number of nitrogens with zero attached hydrogens (tertiary/aromatic N) is 4. The minimum absolute atomic E-state index is 0.148. The summed E-state index contributed by atoms with van der Waals surface area (Å²) in [7, 11) is 0. The second-order valence-electron chi connectivity index (χ2n) is 8.07. The third-order valence-electron chi connectivity index (χ3n) is 5.78. The van der Waals surface area contributed by atoms with Crippen molar-refractivity contribution in [3.63, 3.8) is 0 Å². The van der Waals surface area contributed by atoms with E-state index in [2.05, 4.69) is 41.4 Å². The van der Waals surface area contributed by atoms with Crippen molar-refractivity contribution in [2.45, 2.75) is 26.7 Å². The maximum atomic E-state index is 12.8. The molecule has 1 aromatic heterocycles. The third kappa shape index (κ3) is 5.57. The molecule has 0 atom stereocenters. The highest BCUT2D eigenvalue weighted by Crippen LogP contribution is 2.27. The van der Waals surface area contributed by atoms with Crippen LogP contribution >= 0.6 is 23.2 Å². The van der Waals surface area contributed by atoms with Crippen molar-refractivity contribution < 1.29 is 4.79 Å². The normalized spacial score (nSPS) is 13.8. The quantitative estimate of drug-likeness (QED) is 0.512. The Kier molecular flexibility index (Phi) is 7.36. The van der Waals surface area contributed by atoms with Crippen LogP contribution in [0, 0.1) is 6.92 Å². The zero-order valence-electron chi connectivity index (χ0n) is 18.8. The Labute approximate surface area is 204 Å². The van der Waals surface area contributed by atoms with E-state index in [0.717, 1.165) is 30.2 Å². The molecular weight excluding hydrogens is 457 g/mol. The summed E-state index contributed by atoms with van der Waals surface area (Å²) < 4.78 is 0. The van der Waals surface area contributed by atoms with Gasteiger partial charge >= 0.3 is 6.03 Å². The van der Waals surface area contributed by atoms with Gasteiger partial charge in [-0.15, -0.1) is 0 Å². The number of anilines is 2. The topological polar surface area (TPSA) is 61.4 Å². The number of carbonyl (C=O) groups excluding carboxylic acids is 1. The van der Waals surface area contributed by atoms with Crippen molar-refractivity contribution in [2.75, 3.05) is 36.4 Å². The Morgan fingerprint density at radius 2 is 1.73 bits per heavy atom. The molecule has 0 bridgehead atoms. The van der Waals surface area contributed by atoms with Crippen LogP contribution in [0.5, 0.6) is 0 Å². The molecular formula is C25H27Cl2N5O. The highest BCUT2D eigenvalue weighted by atomic mass is 35.5. The monoisotopic (exact) mass is 483 g/mol. The van der Waals surface area contributed by atoms with E-state index < -0.39 is 0 Å². The average Bonchev–Trinajstić information content (AvgIpc) is 2.83. The molecule has 0 unspecified atom stereocenters. The molecule has 172 valence electrons. The van der Waals surface area contributed by atoms with Crippen LogP contribution in [0.15, 0.2) is 48.5 Å². The highest BCUT2D eigenvalue weighted by molar-refractivity contribution is 6.42. The van der Waals surface area contributed by atoms with E-state index in [1.165, 1.54) is 11.1 Å². The van der Waals surface area contributed by atoms with E-state index in [-0.39, 0.29) is 6.03 Å². The molecule has 6 nitrogen and oxygen atoms in total. The molecule has 4 rings (SSSR count). The molecule has 0 radical (unpaired) electrons. The van der Waals surface area contributed by atoms with Crippen molar-refractivity contribution in [1.29, 1.82) is 0 Å². The van der Waals surface area contributed by atoms with Crippen LogP contribution in [-0.2, 0) is 12.8 Å². The molecule has 1 aliphatic heterocycles. The number of urea groups is 1. The summed E-state index contributed by atoms with van der Waals surface area (Å²) in [5.41, 5.74) is 4.12. The van der Waals surface area contributed by atoms with Crippen molar-refractivity contribution in [1.82, 2.24) is 14.9 Å². The number of hydrogen-bond donors (Lipinski definition) is 1. The van der Waals surface area contributed by atoms with E-state index in [1.54, 1.807) is 18.2 Å². The van der Waals surface area contributed by atoms with Gasteiger partial charge in [0.2, 0.25) is 0 Å². The average molecular weight is 484 g/mol. The lowest BCUT2D eigenvalue weighted by Crippen LogP contribution is -2.50. The van der Waals surface area contributed by atoms with E-state index in [4.69, 9.17) is 33.2 Å². The molecule has 1 fully saturated rings. The number of hydrogen-bond acceptors (Lipinski definition) is 4. The standard InChI is InChI=1S/C25H27Cl2N5O/c1-3-23-20(15-18-7-5-4-6-8-18)24(29-17(2)28-23)31-11-13-32(14-12-31)25(33)30-19-9-10-21(26)22(27)16-19/h4-10,16H,3,11-15H2,1-2H3,(H,30,33). The fourth-order valence-corrected chi connectivity index (χ4v) is 4.37. The van der Waals surface area contributed by atoms with Gasteiger partial charge in [0.25, 0.3) is 0 Å². The van der Waals surface area contributed by atoms with E-state index in [0.29, 0.717) is 41.9 Å². The molecule has 2 heterocycles. The molecule has 8 heteroatoms. The summed E-state index contributed by atoms with van der Waals surface area (Å²) in [6.45, 7) is 6.68. The molecule has 0 aliphatic carbocycles. The fourth-order valence-electron chi connectivity index (χ4n) is 4.07. The molecule has 3 aromatic rings. The van der Waals surface area contributed by atoms with Crippen LogP contribution in [0.2, 0.25) is 10.0 Å². The summed E-state index contributed by atoms with van der Waals surface area (Å²) in [6, 6.07) is 15.3. The minimum atomic E-state index is -0.148. The first-order chi connectivity index (χ1) is 15.9. The maximum Gasteiger partial charge on any atom is 0.321 e. The summed E-state index contributed by atoms with van der Waals surface area (Å²) in [4.78, 5) is 26.4.